The van der Waals surface area contributed by atoms with Gasteiger partial charge in [-0.1, -0.05) is 48.5 Å². The van der Waals surface area contributed by atoms with E-state index < -0.39 is 0 Å². The number of rotatable bonds is 4. The van der Waals surface area contributed by atoms with Crippen LogP contribution in [0.25, 0.3) is 34.8 Å². The molecule has 26 heavy (non-hydrogen) atoms. The molecule has 0 aliphatic carbocycles. The van der Waals surface area contributed by atoms with Gasteiger partial charge in [-0.15, -0.1) is 0 Å². The monoisotopic (exact) mass is 342 g/mol. The van der Waals surface area contributed by atoms with Gasteiger partial charge in [0, 0.05) is 29.7 Å². The van der Waals surface area contributed by atoms with Crippen LogP contribution in [0, 0.1) is 5.82 Å². The number of nitrogens with zero attached hydrogens (tertiary/aromatic N) is 3. The number of halogens is 1. The summed E-state index contributed by atoms with van der Waals surface area (Å²) in [5.41, 5.74) is 3.33. The molecule has 0 saturated carbocycles. The zero-order valence-corrected chi connectivity index (χ0v) is 13.8. The van der Waals surface area contributed by atoms with Crippen LogP contribution in [0.3, 0.4) is 0 Å². The van der Waals surface area contributed by atoms with E-state index in [4.69, 9.17) is 0 Å². The minimum Gasteiger partial charge on any atom is -0.344 e. The Balaban J connectivity index is 1.52. The Kier molecular flexibility index (Phi) is 4.35. The number of H-pyrrole nitrogens is 1. The lowest BCUT2D eigenvalue weighted by atomic mass is 10.2. The third kappa shape index (κ3) is 3.57. The molecule has 0 aliphatic rings. The first-order valence-corrected chi connectivity index (χ1v) is 8.15. The van der Waals surface area contributed by atoms with Gasteiger partial charge in [-0.2, -0.15) is 0 Å². The van der Waals surface area contributed by atoms with Crippen molar-refractivity contribution in [1.29, 1.82) is 0 Å². The van der Waals surface area contributed by atoms with Crippen LogP contribution in [0.5, 0.6) is 0 Å². The zero-order chi connectivity index (χ0) is 17.8. The van der Waals surface area contributed by atoms with Crippen molar-refractivity contribution in [3.05, 3.63) is 90.4 Å². The summed E-state index contributed by atoms with van der Waals surface area (Å²) in [4.78, 5) is 16.4. The summed E-state index contributed by atoms with van der Waals surface area (Å²) < 4.78 is 13.2. The largest absolute Gasteiger partial charge is 0.344 e. The van der Waals surface area contributed by atoms with Crippen molar-refractivity contribution in [3.63, 3.8) is 0 Å². The summed E-state index contributed by atoms with van der Waals surface area (Å²) in [7, 11) is 0. The molecular formula is C21H15FN4. The molecule has 4 nitrogen and oxygen atoms in total. The highest BCUT2D eigenvalue weighted by Gasteiger charge is 2.05. The summed E-state index contributed by atoms with van der Waals surface area (Å²) in [6.45, 7) is 0. The number of imidazole rings is 1. The molecule has 0 spiro atoms. The number of aromatic nitrogens is 4. The lowest BCUT2D eigenvalue weighted by Crippen LogP contribution is -1.89. The van der Waals surface area contributed by atoms with Gasteiger partial charge in [0.05, 0.1) is 5.69 Å². The third-order valence-electron chi connectivity index (χ3n) is 3.86. The molecule has 126 valence electrons. The SMILES string of the molecule is Fc1cccc(/C=C/c2nc(-c3cnc(-c4ccccc4)nc3)c[nH]2)c1. The topological polar surface area (TPSA) is 54.5 Å². The summed E-state index contributed by atoms with van der Waals surface area (Å²) in [5.74, 6) is 1.09. The van der Waals surface area contributed by atoms with Gasteiger partial charge in [-0.05, 0) is 23.8 Å². The fourth-order valence-electron chi connectivity index (χ4n) is 2.55. The molecule has 0 saturated heterocycles. The Morgan fingerprint density at radius 2 is 1.65 bits per heavy atom. The number of hydrogen-bond acceptors (Lipinski definition) is 3. The molecule has 2 heterocycles. The fraction of sp³-hybridized carbons (Fsp3) is 0. The summed E-state index contributed by atoms with van der Waals surface area (Å²) >= 11 is 0. The van der Waals surface area contributed by atoms with Crippen molar-refractivity contribution in [3.8, 4) is 22.6 Å². The molecule has 4 rings (SSSR count). The maximum atomic E-state index is 13.2. The van der Waals surface area contributed by atoms with Crippen LogP contribution in [0.1, 0.15) is 11.4 Å². The van der Waals surface area contributed by atoms with Gasteiger partial charge in [-0.25, -0.2) is 19.3 Å². The first kappa shape index (κ1) is 15.9. The van der Waals surface area contributed by atoms with Crippen molar-refractivity contribution < 1.29 is 4.39 Å². The summed E-state index contributed by atoms with van der Waals surface area (Å²) in [6.07, 6.45) is 8.92. The van der Waals surface area contributed by atoms with Gasteiger partial charge >= 0.3 is 0 Å². The van der Waals surface area contributed by atoms with Crippen molar-refractivity contribution in [2.24, 2.45) is 0 Å². The first-order valence-electron chi connectivity index (χ1n) is 8.15. The minimum atomic E-state index is -0.261. The van der Waals surface area contributed by atoms with Crippen LogP contribution in [0.4, 0.5) is 4.39 Å². The number of aromatic amines is 1. The summed E-state index contributed by atoms with van der Waals surface area (Å²) in [5, 5.41) is 0. The minimum absolute atomic E-state index is 0.261. The number of benzene rings is 2. The van der Waals surface area contributed by atoms with Gasteiger partial charge in [0.1, 0.15) is 11.6 Å². The van der Waals surface area contributed by atoms with Gasteiger partial charge in [0.25, 0.3) is 0 Å². The molecule has 0 unspecified atom stereocenters. The van der Waals surface area contributed by atoms with E-state index in [0.717, 1.165) is 22.4 Å². The highest BCUT2D eigenvalue weighted by atomic mass is 19.1. The van der Waals surface area contributed by atoms with E-state index in [1.807, 2.05) is 36.4 Å². The fourth-order valence-corrected chi connectivity index (χ4v) is 2.55. The lowest BCUT2D eigenvalue weighted by Gasteiger charge is -2.00. The third-order valence-corrected chi connectivity index (χ3v) is 3.86. The van der Waals surface area contributed by atoms with E-state index in [0.29, 0.717) is 11.6 Å². The predicted molar refractivity (Wildman–Crippen MR) is 100 cm³/mol. The normalized spacial score (nSPS) is 11.1. The second-order valence-corrected chi connectivity index (χ2v) is 5.72. The average molecular weight is 342 g/mol. The molecule has 0 aliphatic heterocycles. The molecule has 0 amide bonds. The molecule has 2 aromatic heterocycles. The van der Waals surface area contributed by atoms with Crippen LogP contribution < -0.4 is 0 Å². The van der Waals surface area contributed by atoms with Crippen LogP contribution in [0.2, 0.25) is 0 Å². The first-order chi connectivity index (χ1) is 12.8. The van der Waals surface area contributed by atoms with E-state index in [9.17, 15) is 4.39 Å². The molecule has 5 heteroatoms. The maximum Gasteiger partial charge on any atom is 0.159 e. The smallest absolute Gasteiger partial charge is 0.159 e. The van der Waals surface area contributed by atoms with Crippen molar-refractivity contribution >= 4 is 12.2 Å². The second kappa shape index (κ2) is 7.11. The van der Waals surface area contributed by atoms with Gasteiger partial charge in [0.2, 0.25) is 0 Å². The van der Waals surface area contributed by atoms with Gasteiger partial charge < -0.3 is 4.98 Å². The van der Waals surface area contributed by atoms with Crippen LogP contribution in [-0.2, 0) is 0 Å². The predicted octanol–water partition coefficient (Wildman–Crippen LogP) is 4.84. The molecular weight excluding hydrogens is 327 g/mol. The van der Waals surface area contributed by atoms with E-state index in [1.54, 1.807) is 36.8 Å². The Hall–Kier alpha value is -3.60. The van der Waals surface area contributed by atoms with E-state index in [1.165, 1.54) is 12.1 Å². The van der Waals surface area contributed by atoms with E-state index >= 15 is 0 Å². The molecule has 4 aromatic rings. The van der Waals surface area contributed by atoms with Crippen LogP contribution in [-0.4, -0.2) is 19.9 Å². The number of hydrogen-bond donors (Lipinski definition) is 1. The number of nitrogens with one attached hydrogen (secondary N) is 1. The second-order valence-electron chi connectivity index (χ2n) is 5.72. The van der Waals surface area contributed by atoms with Crippen molar-refractivity contribution in [2.45, 2.75) is 0 Å². The maximum absolute atomic E-state index is 13.2. The molecule has 1 N–H and O–H groups in total. The Bertz CT molecular complexity index is 1040. The van der Waals surface area contributed by atoms with E-state index in [2.05, 4.69) is 19.9 Å². The van der Waals surface area contributed by atoms with E-state index in [-0.39, 0.29) is 5.82 Å². The lowest BCUT2D eigenvalue weighted by molar-refractivity contribution is 0.627. The molecule has 2 aromatic carbocycles. The quantitative estimate of drug-likeness (QED) is 0.577. The van der Waals surface area contributed by atoms with Crippen molar-refractivity contribution in [1.82, 2.24) is 19.9 Å². The Labute approximate surface area is 150 Å². The van der Waals surface area contributed by atoms with Gasteiger partial charge in [-0.3, -0.25) is 0 Å². The average Bonchev–Trinajstić information content (AvgIpc) is 3.16. The van der Waals surface area contributed by atoms with Crippen LogP contribution >= 0.6 is 0 Å². The van der Waals surface area contributed by atoms with Crippen molar-refractivity contribution in [2.75, 3.05) is 0 Å². The summed E-state index contributed by atoms with van der Waals surface area (Å²) in [6, 6.07) is 16.2. The molecule has 0 bridgehead atoms. The van der Waals surface area contributed by atoms with Crippen LogP contribution in [0.15, 0.2) is 73.2 Å². The Morgan fingerprint density at radius 3 is 2.42 bits per heavy atom. The molecule has 0 fully saturated rings. The molecule has 0 radical (unpaired) electrons. The zero-order valence-electron chi connectivity index (χ0n) is 13.8. The highest BCUT2D eigenvalue weighted by molar-refractivity contribution is 5.68. The Morgan fingerprint density at radius 1 is 0.846 bits per heavy atom. The highest BCUT2D eigenvalue weighted by Crippen LogP contribution is 2.19. The standard InChI is InChI=1S/C21H15FN4/c22-18-8-4-5-15(11-18)9-10-20-23-14-19(26-20)17-12-24-21(25-13-17)16-6-2-1-3-7-16/h1-14H,(H,23,26)/b10-9+. The molecule has 0 atom stereocenters. The van der Waals surface area contributed by atoms with Gasteiger partial charge in [0.15, 0.2) is 5.82 Å².